The normalized spacial score (nSPS) is 20.8. The highest BCUT2D eigenvalue weighted by Crippen LogP contribution is 2.23. The maximum atomic E-state index is 12.3. The first-order valence-electron chi connectivity index (χ1n) is 6.57. The minimum Gasteiger partial charge on any atom is -0.393 e. The van der Waals surface area contributed by atoms with Crippen LogP contribution >= 0.6 is 22.9 Å². The number of likely N-dealkylation sites (tertiary alicyclic amines) is 1. The maximum Gasteiger partial charge on any atom is 0.229 e. The average molecular weight is 303 g/mol. The summed E-state index contributed by atoms with van der Waals surface area (Å²) in [6, 6.07) is 0.181. The second kappa shape index (κ2) is 6.68. The van der Waals surface area contributed by atoms with E-state index < -0.39 is 0 Å². The molecule has 106 valence electrons. The predicted octanol–water partition coefficient (Wildman–Crippen LogP) is 2.19. The van der Waals surface area contributed by atoms with Gasteiger partial charge in [0.2, 0.25) is 5.91 Å². The summed E-state index contributed by atoms with van der Waals surface area (Å²) >= 11 is 7.19. The number of hydrogen-bond acceptors (Lipinski definition) is 4. The van der Waals surface area contributed by atoms with Crippen molar-refractivity contribution in [2.45, 2.75) is 50.6 Å². The van der Waals surface area contributed by atoms with E-state index in [4.69, 9.17) is 11.6 Å². The van der Waals surface area contributed by atoms with Crippen molar-refractivity contribution in [1.29, 1.82) is 0 Å². The average Bonchev–Trinajstić information content (AvgIpc) is 2.97. The van der Waals surface area contributed by atoms with Gasteiger partial charge < -0.3 is 10.0 Å². The van der Waals surface area contributed by atoms with Crippen molar-refractivity contribution < 1.29 is 9.90 Å². The molecular formula is C13H19ClN2O2S. The number of rotatable bonds is 5. The predicted molar refractivity (Wildman–Crippen MR) is 76.4 cm³/mol. The van der Waals surface area contributed by atoms with Crippen LogP contribution in [-0.4, -0.2) is 39.6 Å². The second-order valence-corrected chi connectivity index (χ2v) is 6.22. The van der Waals surface area contributed by atoms with Gasteiger partial charge in [0.15, 0.2) is 0 Å². The number of nitrogens with zero attached hydrogens (tertiary/aromatic N) is 2. The topological polar surface area (TPSA) is 53.4 Å². The molecule has 1 aliphatic rings. The van der Waals surface area contributed by atoms with Crippen LogP contribution < -0.4 is 0 Å². The van der Waals surface area contributed by atoms with Crippen molar-refractivity contribution in [3.63, 3.8) is 0 Å². The molecule has 2 heterocycles. The zero-order valence-electron chi connectivity index (χ0n) is 11.0. The van der Waals surface area contributed by atoms with Crippen LogP contribution in [0.2, 0.25) is 0 Å². The fourth-order valence-electron chi connectivity index (χ4n) is 2.53. The fraction of sp³-hybridized carbons (Fsp3) is 0.692. The minimum absolute atomic E-state index is 0.110. The standard InChI is InChI=1S/C13H19ClN2O2S/c1-9(17)5-11-3-2-4-16(11)13(18)6-12-15-10(7-14)8-19-12/h8-9,11,17H,2-7H2,1H3. The van der Waals surface area contributed by atoms with E-state index in [1.807, 2.05) is 10.3 Å². The molecule has 2 unspecified atom stereocenters. The molecule has 1 amide bonds. The quantitative estimate of drug-likeness (QED) is 0.848. The molecular weight excluding hydrogens is 284 g/mol. The van der Waals surface area contributed by atoms with E-state index in [1.54, 1.807) is 6.92 Å². The summed E-state index contributed by atoms with van der Waals surface area (Å²) in [5, 5.41) is 12.2. The Morgan fingerprint density at radius 3 is 3.16 bits per heavy atom. The van der Waals surface area contributed by atoms with Crippen molar-refractivity contribution in [1.82, 2.24) is 9.88 Å². The van der Waals surface area contributed by atoms with Gasteiger partial charge >= 0.3 is 0 Å². The summed E-state index contributed by atoms with van der Waals surface area (Å²) in [5.41, 5.74) is 0.830. The van der Waals surface area contributed by atoms with Crippen LogP contribution in [0, 0.1) is 0 Å². The number of amides is 1. The number of halogens is 1. The molecule has 0 saturated carbocycles. The summed E-state index contributed by atoms with van der Waals surface area (Å²) in [4.78, 5) is 18.5. The summed E-state index contributed by atoms with van der Waals surface area (Å²) in [7, 11) is 0. The van der Waals surface area contributed by atoms with Gasteiger partial charge in [-0.05, 0) is 26.2 Å². The third-order valence-electron chi connectivity index (χ3n) is 3.35. The third kappa shape index (κ3) is 3.91. The van der Waals surface area contributed by atoms with Gasteiger partial charge in [-0.3, -0.25) is 4.79 Å². The molecule has 0 spiro atoms. The lowest BCUT2D eigenvalue weighted by molar-refractivity contribution is -0.131. The van der Waals surface area contributed by atoms with E-state index in [9.17, 15) is 9.90 Å². The molecule has 19 heavy (non-hydrogen) atoms. The monoisotopic (exact) mass is 302 g/mol. The van der Waals surface area contributed by atoms with Crippen LogP contribution in [0.25, 0.3) is 0 Å². The van der Waals surface area contributed by atoms with Gasteiger partial charge in [-0.15, -0.1) is 22.9 Å². The first-order chi connectivity index (χ1) is 9.10. The molecule has 0 aliphatic carbocycles. The number of aromatic nitrogens is 1. The highest BCUT2D eigenvalue weighted by Gasteiger charge is 2.29. The van der Waals surface area contributed by atoms with E-state index >= 15 is 0 Å². The molecule has 0 bridgehead atoms. The third-order valence-corrected chi connectivity index (χ3v) is 4.52. The van der Waals surface area contributed by atoms with E-state index in [1.165, 1.54) is 11.3 Å². The van der Waals surface area contributed by atoms with Crippen molar-refractivity contribution in [2.24, 2.45) is 0 Å². The first-order valence-corrected chi connectivity index (χ1v) is 7.98. The Balaban J connectivity index is 1.94. The number of carbonyl (C=O) groups is 1. The van der Waals surface area contributed by atoms with E-state index in [0.29, 0.717) is 18.7 Å². The van der Waals surface area contributed by atoms with Gasteiger partial charge in [-0.1, -0.05) is 0 Å². The van der Waals surface area contributed by atoms with E-state index in [2.05, 4.69) is 4.98 Å². The Bertz CT molecular complexity index is 436. The number of aliphatic hydroxyl groups excluding tert-OH is 1. The van der Waals surface area contributed by atoms with Crippen molar-refractivity contribution in [3.8, 4) is 0 Å². The molecule has 6 heteroatoms. The Morgan fingerprint density at radius 1 is 1.74 bits per heavy atom. The molecule has 1 fully saturated rings. The molecule has 2 rings (SSSR count). The summed E-state index contributed by atoms with van der Waals surface area (Å²) in [6.45, 7) is 2.57. The molecule has 0 aromatic carbocycles. The van der Waals surface area contributed by atoms with Crippen LogP contribution in [0.5, 0.6) is 0 Å². The van der Waals surface area contributed by atoms with Crippen molar-refractivity contribution in [2.75, 3.05) is 6.54 Å². The van der Waals surface area contributed by atoms with Crippen LogP contribution in [-0.2, 0) is 17.1 Å². The van der Waals surface area contributed by atoms with E-state index in [0.717, 1.165) is 30.1 Å². The van der Waals surface area contributed by atoms with Gasteiger partial charge in [0, 0.05) is 18.0 Å². The van der Waals surface area contributed by atoms with Gasteiger partial charge in [-0.25, -0.2) is 4.98 Å². The summed E-state index contributed by atoms with van der Waals surface area (Å²) in [5.74, 6) is 0.498. The Morgan fingerprint density at radius 2 is 2.53 bits per heavy atom. The molecule has 1 saturated heterocycles. The smallest absolute Gasteiger partial charge is 0.229 e. The van der Waals surface area contributed by atoms with Gasteiger partial charge in [-0.2, -0.15) is 0 Å². The number of thiazole rings is 1. The molecule has 2 atom stereocenters. The SMILES string of the molecule is CC(O)CC1CCCN1C(=O)Cc1nc(CCl)cs1. The number of carbonyl (C=O) groups excluding carboxylic acids is 1. The highest BCUT2D eigenvalue weighted by molar-refractivity contribution is 7.09. The summed E-state index contributed by atoms with van der Waals surface area (Å²) < 4.78 is 0. The fourth-order valence-corrected chi connectivity index (χ4v) is 3.54. The van der Waals surface area contributed by atoms with Crippen molar-refractivity contribution in [3.05, 3.63) is 16.1 Å². The molecule has 1 aromatic heterocycles. The van der Waals surface area contributed by atoms with Gasteiger partial charge in [0.1, 0.15) is 5.01 Å². The highest BCUT2D eigenvalue weighted by atomic mass is 35.5. The molecule has 1 N–H and O–H groups in total. The lowest BCUT2D eigenvalue weighted by atomic mass is 10.1. The second-order valence-electron chi connectivity index (χ2n) is 5.01. The number of hydrogen-bond donors (Lipinski definition) is 1. The summed E-state index contributed by atoms with van der Waals surface area (Å²) in [6.07, 6.45) is 2.66. The number of alkyl halides is 1. The van der Waals surface area contributed by atoms with Crippen LogP contribution in [0.4, 0.5) is 0 Å². The van der Waals surface area contributed by atoms with Crippen molar-refractivity contribution >= 4 is 28.8 Å². The Labute approximate surface area is 122 Å². The van der Waals surface area contributed by atoms with E-state index in [-0.39, 0.29) is 18.1 Å². The molecule has 0 radical (unpaired) electrons. The Hall–Kier alpha value is -0.650. The lowest BCUT2D eigenvalue weighted by Crippen LogP contribution is -2.38. The Kier molecular flexibility index (Phi) is 5.19. The number of aliphatic hydroxyl groups is 1. The van der Waals surface area contributed by atoms with Gasteiger partial charge in [0.25, 0.3) is 0 Å². The zero-order valence-corrected chi connectivity index (χ0v) is 12.6. The molecule has 1 aliphatic heterocycles. The first kappa shape index (κ1) is 14.8. The zero-order chi connectivity index (χ0) is 13.8. The van der Waals surface area contributed by atoms with Crippen LogP contribution in [0.1, 0.15) is 36.9 Å². The molecule has 1 aromatic rings. The largest absolute Gasteiger partial charge is 0.393 e. The van der Waals surface area contributed by atoms with Crippen LogP contribution in [0.3, 0.4) is 0 Å². The maximum absolute atomic E-state index is 12.3. The van der Waals surface area contributed by atoms with Crippen LogP contribution in [0.15, 0.2) is 5.38 Å². The molecule has 4 nitrogen and oxygen atoms in total. The minimum atomic E-state index is -0.360. The lowest BCUT2D eigenvalue weighted by Gasteiger charge is -2.25. The van der Waals surface area contributed by atoms with Gasteiger partial charge in [0.05, 0.1) is 24.1 Å².